The number of hydrogen-bond donors (Lipinski definition) is 1. The summed E-state index contributed by atoms with van der Waals surface area (Å²) >= 11 is 0. The van der Waals surface area contributed by atoms with E-state index in [-0.39, 0.29) is 0 Å². The molecular formula is C14H16O. The molecule has 1 aromatic rings. The monoisotopic (exact) mass is 200 g/mol. The standard InChI is InChI=1S/C14H16O/c1-2-11-4-3-5-13(10-11)12-6-8-14(15)9-7-12/h2,5-9,11,15H,1,3-4,10H2. The Morgan fingerprint density at radius 1 is 1.27 bits per heavy atom. The molecule has 2 rings (SSSR count). The first-order chi connectivity index (χ1) is 7.29. The highest BCUT2D eigenvalue weighted by Crippen LogP contribution is 2.31. The third-order valence-electron chi connectivity index (χ3n) is 2.98. The van der Waals surface area contributed by atoms with E-state index in [4.69, 9.17) is 0 Å². The van der Waals surface area contributed by atoms with Gasteiger partial charge in [-0.25, -0.2) is 0 Å². The minimum atomic E-state index is 0.329. The summed E-state index contributed by atoms with van der Waals surface area (Å²) in [5.41, 5.74) is 2.60. The summed E-state index contributed by atoms with van der Waals surface area (Å²) in [5, 5.41) is 9.22. The van der Waals surface area contributed by atoms with Gasteiger partial charge >= 0.3 is 0 Å². The topological polar surface area (TPSA) is 20.2 Å². The van der Waals surface area contributed by atoms with E-state index in [1.807, 2.05) is 18.2 Å². The van der Waals surface area contributed by atoms with Crippen LogP contribution >= 0.6 is 0 Å². The van der Waals surface area contributed by atoms with Crippen molar-refractivity contribution >= 4 is 5.57 Å². The van der Waals surface area contributed by atoms with Crippen LogP contribution in [0, 0.1) is 5.92 Å². The van der Waals surface area contributed by atoms with E-state index < -0.39 is 0 Å². The van der Waals surface area contributed by atoms with Crippen molar-refractivity contribution in [2.24, 2.45) is 5.92 Å². The number of aromatic hydroxyl groups is 1. The third kappa shape index (κ3) is 2.30. The highest BCUT2D eigenvalue weighted by molar-refractivity contribution is 5.67. The molecule has 0 bridgehead atoms. The zero-order chi connectivity index (χ0) is 10.7. The smallest absolute Gasteiger partial charge is 0.115 e. The number of allylic oxidation sites excluding steroid dienone is 3. The van der Waals surface area contributed by atoms with Gasteiger partial charge in [-0.3, -0.25) is 0 Å². The normalized spacial score (nSPS) is 20.8. The van der Waals surface area contributed by atoms with Gasteiger partial charge in [0.2, 0.25) is 0 Å². The summed E-state index contributed by atoms with van der Waals surface area (Å²) in [6.45, 7) is 3.86. The Kier molecular flexibility index (Phi) is 2.91. The van der Waals surface area contributed by atoms with Gasteiger partial charge in [0, 0.05) is 0 Å². The van der Waals surface area contributed by atoms with Gasteiger partial charge in [0.1, 0.15) is 5.75 Å². The number of benzene rings is 1. The first kappa shape index (κ1) is 10.0. The van der Waals surface area contributed by atoms with Crippen molar-refractivity contribution in [3.63, 3.8) is 0 Å². The Labute approximate surface area is 90.8 Å². The van der Waals surface area contributed by atoms with Gasteiger partial charge in [-0.1, -0.05) is 24.3 Å². The van der Waals surface area contributed by atoms with Crippen LogP contribution in [0.1, 0.15) is 24.8 Å². The van der Waals surface area contributed by atoms with E-state index in [0.29, 0.717) is 11.7 Å². The fraction of sp³-hybridized carbons (Fsp3) is 0.286. The summed E-state index contributed by atoms with van der Waals surface area (Å²) in [6.07, 6.45) is 7.77. The zero-order valence-corrected chi connectivity index (χ0v) is 8.82. The maximum absolute atomic E-state index is 9.22. The summed E-state index contributed by atoms with van der Waals surface area (Å²) < 4.78 is 0. The minimum Gasteiger partial charge on any atom is -0.508 e. The fourth-order valence-corrected chi connectivity index (χ4v) is 2.05. The molecule has 0 amide bonds. The maximum atomic E-state index is 9.22. The van der Waals surface area contributed by atoms with Crippen LogP contribution in [0.2, 0.25) is 0 Å². The Bertz CT molecular complexity index is 373. The molecule has 0 aliphatic heterocycles. The summed E-state index contributed by atoms with van der Waals surface area (Å²) in [6, 6.07) is 7.45. The van der Waals surface area contributed by atoms with Crippen molar-refractivity contribution in [3.05, 3.63) is 48.6 Å². The largest absolute Gasteiger partial charge is 0.508 e. The van der Waals surface area contributed by atoms with Crippen LogP contribution in [-0.2, 0) is 0 Å². The fourth-order valence-electron chi connectivity index (χ4n) is 2.05. The molecule has 1 aliphatic rings. The molecule has 15 heavy (non-hydrogen) atoms. The van der Waals surface area contributed by atoms with Crippen molar-refractivity contribution < 1.29 is 5.11 Å². The van der Waals surface area contributed by atoms with Crippen LogP contribution in [0.25, 0.3) is 5.57 Å². The lowest BCUT2D eigenvalue weighted by atomic mass is 9.86. The quantitative estimate of drug-likeness (QED) is 0.721. The molecule has 1 nitrogen and oxygen atoms in total. The van der Waals surface area contributed by atoms with Gasteiger partial charge in [-0.15, -0.1) is 6.58 Å². The highest BCUT2D eigenvalue weighted by atomic mass is 16.3. The van der Waals surface area contributed by atoms with Crippen LogP contribution in [0.3, 0.4) is 0 Å². The van der Waals surface area contributed by atoms with Crippen molar-refractivity contribution in [3.8, 4) is 5.75 Å². The lowest BCUT2D eigenvalue weighted by molar-refractivity contribution is 0.475. The molecule has 0 aromatic heterocycles. The van der Waals surface area contributed by atoms with Crippen LogP contribution in [0.15, 0.2) is 43.0 Å². The molecule has 0 fully saturated rings. The lowest BCUT2D eigenvalue weighted by Crippen LogP contribution is -2.02. The van der Waals surface area contributed by atoms with Gasteiger partial charge < -0.3 is 5.11 Å². The maximum Gasteiger partial charge on any atom is 0.115 e. The molecule has 1 unspecified atom stereocenters. The average molecular weight is 200 g/mol. The molecule has 0 saturated heterocycles. The number of hydrogen-bond acceptors (Lipinski definition) is 1. The SMILES string of the molecule is C=CC1CCC=C(c2ccc(O)cc2)C1. The van der Waals surface area contributed by atoms with Crippen molar-refractivity contribution in [1.82, 2.24) is 0 Å². The van der Waals surface area contributed by atoms with Gasteiger partial charge in [0.15, 0.2) is 0 Å². The molecule has 1 N–H and O–H groups in total. The van der Waals surface area contributed by atoms with Gasteiger partial charge in [0.05, 0.1) is 0 Å². The molecule has 78 valence electrons. The lowest BCUT2D eigenvalue weighted by Gasteiger charge is -2.19. The summed E-state index contributed by atoms with van der Waals surface area (Å²) in [7, 11) is 0. The number of phenolic OH excluding ortho intramolecular Hbond substituents is 1. The van der Waals surface area contributed by atoms with E-state index >= 15 is 0 Å². The van der Waals surface area contributed by atoms with Crippen molar-refractivity contribution in [1.29, 1.82) is 0 Å². The molecule has 0 radical (unpaired) electrons. The number of phenols is 1. The van der Waals surface area contributed by atoms with E-state index in [9.17, 15) is 5.11 Å². The molecule has 0 spiro atoms. The van der Waals surface area contributed by atoms with Gasteiger partial charge in [-0.05, 0) is 48.4 Å². The number of rotatable bonds is 2. The summed E-state index contributed by atoms with van der Waals surface area (Å²) in [5.74, 6) is 0.939. The van der Waals surface area contributed by atoms with Gasteiger partial charge in [-0.2, -0.15) is 0 Å². The van der Waals surface area contributed by atoms with E-state index in [2.05, 4.69) is 12.7 Å². The second kappa shape index (κ2) is 4.35. The minimum absolute atomic E-state index is 0.329. The van der Waals surface area contributed by atoms with Crippen molar-refractivity contribution in [2.45, 2.75) is 19.3 Å². The second-order valence-electron chi connectivity index (χ2n) is 4.05. The zero-order valence-electron chi connectivity index (χ0n) is 8.82. The Balaban J connectivity index is 2.20. The van der Waals surface area contributed by atoms with Gasteiger partial charge in [0.25, 0.3) is 0 Å². The molecule has 1 aromatic carbocycles. The Hall–Kier alpha value is -1.50. The van der Waals surface area contributed by atoms with Crippen LogP contribution in [-0.4, -0.2) is 5.11 Å². The van der Waals surface area contributed by atoms with E-state index in [1.165, 1.54) is 17.6 Å². The predicted octanol–water partition coefficient (Wildman–Crippen LogP) is 3.76. The first-order valence-electron chi connectivity index (χ1n) is 5.40. The average Bonchev–Trinajstić information content (AvgIpc) is 2.30. The van der Waals surface area contributed by atoms with Crippen molar-refractivity contribution in [2.75, 3.05) is 0 Å². The first-order valence-corrected chi connectivity index (χ1v) is 5.40. The van der Waals surface area contributed by atoms with E-state index in [1.54, 1.807) is 12.1 Å². The van der Waals surface area contributed by atoms with E-state index in [0.717, 1.165) is 12.8 Å². The Morgan fingerprint density at radius 2 is 2.00 bits per heavy atom. The van der Waals surface area contributed by atoms with Crippen LogP contribution in [0.4, 0.5) is 0 Å². The predicted molar refractivity (Wildman–Crippen MR) is 63.6 cm³/mol. The highest BCUT2D eigenvalue weighted by Gasteiger charge is 2.13. The van der Waals surface area contributed by atoms with Crippen LogP contribution in [0.5, 0.6) is 5.75 Å². The summed E-state index contributed by atoms with van der Waals surface area (Å²) in [4.78, 5) is 0. The second-order valence-corrected chi connectivity index (χ2v) is 4.05. The molecule has 0 saturated carbocycles. The molecule has 0 heterocycles. The third-order valence-corrected chi connectivity index (χ3v) is 2.98. The molecule has 1 atom stereocenters. The Morgan fingerprint density at radius 3 is 2.67 bits per heavy atom. The molecular weight excluding hydrogens is 184 g/mol. The molecule has 1 heteroatoms. The molecule has 1 aliphatic carbocycles. The van der Waals surface area contributed by atoms with Crippen LogP contribution < -0.4 is 0 Å².